The Morgan fingerprint density at radius 3 is 2.73 bits per heavy atom. The van der Waals surface area contributed by atoms with E-state index in [9.17, 15) is 9.59 Å². The Hall–Kier alpha value is -2.08. The Labute approximate surface area is 128 Å². The van der Waals surface area contributed by atoms with Crippen LogP contribution in [0, 0.1) is 0 Å². The van der Waals surface area contributed by atoms with Crippen LogP contribution in [0.5, 0.6) is 0 Å². The average Bonchev–Trinajstić information content (AvgIpc) is 3.05. The molecule has 1 saturated carbocycles. The molecule has 0 bridgehead atoms. The van der Waals surface area contributed by atoms with Crippen molar-refractivity contribution in [3.05, 3.63) is 29.8 Å². The topological polar surface area (TPSA) is 93.5 Å². The fourth-order valence-electron chi connectivity index (χ4n) is 3.60. The van der Waals surface area contributed by atoms with Gasteiger partial charge in [0.2, 0.25) is 0 Å². The minimum Gasteiger partial charge on any atom is -0.448 e. The van der Waals surface area contributed by atoms with Gasteiger partial charge in [-0.05, 0) is 18.1 Å². The summed E-state index contributed by atoms with van der Waals surface area (Å²) in [4.78, 5) is 23.7. The van der Waals surface area contributed by atoms with Crippen molar-refractivity contribution in [1.82, 2.24) is 5.32 Å². The van der Waals surface area contributed by atoms with Crippen LogP contribution < -0.4 is 16.4 Å². The number of primary amides is 1. The summed E-state index contributed by atoms with van der Waals surface area (Å²) in [6.45, 7) is 1.53. The van der Waals surface area contributed by atoms with Crippen LogP contribution in [0.3, 0.4) is 0 Å². The van der Waals surface area contributed by atoms with Crippen molar-refractivity contribution in [2.75, 3.05) is 18.4 Å². The van der Waals surface area contributed by atoms with Gasteiger partial charge in [-0.15, -0.1) is 0 Å². The maximum atomic E-state index is 12.3. The molecule has 1 saturated heterocycles. The van der Waals surface area contributed by atoms with Gasteiger partial charge in [0.25, 0.3) is 5.91 Å². The van der Waals surface area contributed by atoms with Gasteiger partial charge in [-0.1, -0.05) is 18.2 Å². The van der Waals surface area contributed by atoms with E-state index in [2.05, 4.69) is 22.8 Å². The lowest BCUT2D eigenvalue weighted by Gasteiger charge is -2.22. The van der Waals surface area contributed by atoms with Gasteiger partial charge in [-0.25, -0.2) is 0 Å². The van der Waals surface area contributed by atoms with Crippen molar-refractivity contribution in [3.63, 3.8) is 0 Å². The first-order valence-electron chi connectivity index (χ1n) is 7.64. The molecule has 4 rings (SSSR count). The van der Waals surface area contributed by atoms with Gasteiger partial charge >= 0.3 is 5.97 Å². The lowest BCUT2D eigenvalue weighted by molar-refractivity contribution is -0.159. The lowest BCUT2D eigenvalue weighted by Crippen LogP contribution is -2.41. The van der Waals surface area contributed by atoms with Gasteiger partial charge in [0, 0.05) is 37.0 Å². The molecule has 2 fully saturated rings. The lowest BCUT2D eigenvalue weighted by atomic mass is 9.80. The number of carbonyl (C=O) groups excluding carboxylic acids is 2. The summed E-state index contributed by atoms with van der Waals surface area (Å²) in [5, 5.41) is 6.66. The van der Waals surface area contributed by atoms with Crippen LogP contribution in [0.4, 0.5) is 5.69 Å². The van der Waals surface area contributed by atoms with Gasteiger partial charge in [-0.3, -0.25) is 9.59 Å². The van der Waals surface area contributed by atoms with E-state index < -0.39 is 11.5 Å². The first-order chi connectivity index (χ1) is 10.5. The van der Waals surface area contributed by atoms with E-state index in [1.807, 2.05) is 12.1 Å². The molecule has 2 unspecified atom stereocenters. The summed E-state index contributed by atoms with van der Waals surface area (Å²) < 4.78 is 5.39. The largest absolute Gasteiger partial charge is 0.448 e. The Balaban J connectivity index is 1.49. The number of nitrogens with two attached hydrogens (primary N) is 1. The second-order valence-electron chi connectivity index (χ2n) is 6.60. The SMILES string of the molecule is NC(=O)C1(OC(=O)C2CC3(CNc4ccccc43)CN2)CC1. The summed E-state index contributed by atoms with van der Waals surface area (Å²) in [7, 11) is 0. The van der Waals surface area contributed by atoms with E-state index in [0.717, 1.165) is 18.8 Å². The van der Waals surface area contributed by atoms with E-state index in [0.29, 0.717) is 19.3 Å². The molecule has 22 heavy (non-hydrogen) atoms. The minimum atomic E-state index is -1.04. The first-order valence-corrected chi connectivity index (χ1v) is 7.64. The van der Waals surface area contributed by atoms with Crippen LogP contribution in [0.1, 0.15) is 24.8 Å². The van der Waals surface area contributed by atoms with Gasteiger partial charge < -0.3 is 21.1 Å². The van der Waals surface area contributed by atoms with E-state index in [4.69, 9.17) is 10.5 Å². The number of hydrogen-bond donors (Lipinski definition) is 3. The standard InChI is InChI=1S/C16H19N3O3/c17-14(21)16(5-6-16)22-13(20)12-7-15(9-19-12)8-18-11-4-2-1-3-10(11)15/h1-4,12,18-19H,5-9H2,(H2,17,21). The van der Waals surface area contributed by atoms with Crippen LogP contribution in [0.2, 0.25) is 0 Å². The second kappa shape index (κ2) is 4.46. The van der Waals surface area contributed by atoms with E-state index in [1.165, 1.54) is 5.56 Å². The van der Waals surface area contributed by atoms with Crippen LogP contribution in [0.15, 0.2) is 24.3 Å². The molecular formula is C16H19N3O3. The highest BCUT2D eigenvalue weighted by atomic mass is 16.6. The zero-order chi connectivity index (χ0) is 15.4. The third-order valence-corrected chi connectivity index (χ3v) is 5.13. The molecule has 6 heteroatoms. The zero-order valence-electron chi connectivity index (χ0n) is 12.2. The van der Waals surface area contributed by atoms with E-state index in [-0.39, 0.29) is 17.4 Å². The Bertz CT molecular complexity index is 656. The summed E-state index contributed by atoms with van der Waals surface area (Å²) >= 11 is 0. The molecule has 0 radical (unpaired) electrons. The molecule has 1 aromatic rings. The molecular weight excluding hydrogens is 282 g/mol. The zero-order valence-corrected chi connectivity index (χ0v) is 12.2. The first kappa shape index (κ1) is 13.6. The number of rotatable bonds is 3. The molecule has 2 aliphatic heterocycles. The number of hydrogen-bond acceptors (Lipinski definition) is 5. The number of anilines is 1. The van der Waals surface area contributed by atoms with Crippen molar-refractivity contribution in [2.24, 2.45) is 5.73 Å². The predicted molar refractivity (Wildman–Crippen MR) is 80.3 cm³/mol. The molecule has 2 atom stereocenters. The number of carbonyl (C=O) groups is 2. The molecule has 1 spiro atoms. The van der Waals surface area contributed by atoms with Crippen LogP contribution in [0.25, 0.3) is 0 Å². The molecule has 116 valence electrons. The number of benzene rings is 1. The fourth-order valence-corrected chi connectivity index (χ4v) is 3.60. The van der Waals surface area contributed by atoms with Crippen molar-refractivity contribution >= 4 is 17.6 Å². The minimum absolute atomic E-state index is 0.0796. The number of ether oxygens (including phenoxy) is 1. The summed E-state index contributed by atoms with van der Waals surface area (Å²) in [6.07, 6.45) is 1.75. The quantitative estimate of drug-likeness (QED) is 0.697. The monoisotopic (exact) mass is 301 g/mol. The second-order valence-corrected chi connectivity index (χ2v) is 6.60. The highest BCUT2D eigenvalue weighted by Gasteiger charge is 2.55. The van der Waals surface area contributed by atoms with Crippen LogP contribution >= 0.6 is 0 Å². The highest BCUT2D eigenvalue weighted by molar-refractivity contribution is 5.90. The maximum absolute atomic E-state index is 12.3. The molecule has 1 aliphatic carbocycles. The number of esters is 1. The molecule has 1 aromatic carbocycles. The number of amides is 1. The number of nitrogens with one attached hydrogen (secondary N) is 2. The normalized spacial score (nSPS) is 30.6. The Morgan fingerprint density at radius 2 is 2.00 bits per heavy atom. The van der Waals surface area contributed by atoms with Gasteiger partial charge in [0.15, 0.2) is 5.60 Å². The van der Waals surface area contributed by atoms with Crippen LogP contribution in [-0.4, -0.2) is 36.6 Å². The molecule has 3 aliphatic rings. The third-order valence-electron chi connectivity index (χ3n) is 5.13. The molecule has 1 amide bonds. The van der Waals surface area contributed by atoms with Crippen molar-refractivity contribution in [3.8, 4) is 0 Å². The summed E-state index contributed by atoms with van der Waals surface area (Å²) in [5.41, 5.74) is 6.57. The average molecular weight is 301 g/mol. The maximum Gasteiger partial charge on any atom is 0.324 e. The van der Waals surface area contributed by atoms with E-state index in [1.54, 1.807) is 0 Å². The number of para-hydroxylation sites is 1. The summed E-state index contributed by atoms with van der Waals surface area (Å²) in [6, 6.07) is 7.80. The van der Waals surface area contributed by atoms with Gasteiger partial charge in [0.1, 0.15) is 6.04 Å². The highest BCUT2D eigenvalue weighted by Crippen LogP contribution is 2.44. The smallest absolute Gasteiger partial charge is 0.324 e. The Kier molecular flexibility index (Phi) is 2.75. The van der Waals surface area contributed by atoms with E-state index >= 15 is 0 Å². The van der Waals surface area contributed by atoms with Crippen molar-refractivity contribution in [1.29, 1.82) is 0 Å². The van der Waals surface area contributed by atoms with Crippen molar-refractivity contribution < 1.29 is 14.3 Å². The Morgan fingerprint density at radius 1 is 1.23 bits per heavy atom. The van der Waals surface area contributed by atoms with Gasteiger partial charge in [-0.2, -0.15) is 0 Å². The fraction of sp³-hybridized carbons (Fsp3) is 0.500. The van der Waals surface area contributed by atoms with Crippen molar-refractivity contribution in [2.45, 2.75) is 36.3 Å². The summed E-state index contributed by atoms with van der Waals surface area (Å²) in [5.74, 6) is -0.904. The molecule has 0 aromatic heterocycles. The third kappa shape index (κ3) is 1.90. The predicted octanol–water partition coefficient (Wildman–Crippen LogP) is 0.273. The number of fused-ring (bicyclic) bond motifs is 2. The van der Waals surface area contributed by atoms with Gasteiger partial charge in [0.05, 0.1) is 0 Å². The molecule has 2 heterocycles. The molecule has 4 N–H and O–H groups in total. The van der Waals surface area contributed by atoms with Crippen LogP contribution in [-0.2, 0) is 19.7 Å². The molecule has 6 nitrogen and oxygen atoms in total.